The lowest BCUT2D eigenvalue weighted by molar-refractivity contribution is 0.00899. The third kappa shape index (κ3) is 9.28. The van der Waals surface area contributed by atoms with Crippen LogP contribution in [0.15, 0.2) is 24.3 Å². The second-order valence-electron chi connectivity index (χ2n) is 4.58. The molecule has 5 heteroatoms. The smallest absolute Gasteiger partial charge is 0.142 e. The molecule has 0 aliphatic rings. The summed E-state index contributed by atoms with van der Waals surface area (Å²) in [5, 5.41) is 0. The van der Waals surface area contributed by atoms with Gasteiger partial charge in [0.1, 0.15) is 12.4 Å². The van der Waals surface area contributed by atoms with Crippen molar-refractivity contribution in [2.24, 2.45) is 0 Å². The predicted molar refractivity (Wildman–Crippen MR) is 83.7 cm³/mol. The summed E-state index contributed by atoms with van der Waals surface area (Å²) in [5.41, 5.74) is 6.40. The second kappa shape index (κ2) is 12.4. The van der Waals surface area contributed by atoms with Gasteiger partial charge in [0.2, 0.25) is 0 Å². The van der Waals surface area contributed by atoms with Crippen LogP contribution in [0, 0.1) is 0 Å². The fraction of sp³-hybridized carbons (Fsp3) is 0.625. The van der Waals surface area contributed by atoms with E-state index in [2.05, 4.69) is 6.92 Å². The summed E-state index contributed by atoms with van der Waals surface area (Å²) in [7, 11) is 0. The molecule has 1 aromatic carbocycles. The van der Waals surface area contributed by atoms with Crippen LogP contribution in [0.25, 0.3) is 0 Å². The van der Waals surface area contributed by atoms with Crippen LogP contribution < -0.4 is 10.5 Å². The molecule has 21 heavy (non-hydrogen) atoms. The number of hydrogen-bond acceptors (Lipinski definition) is 5. The van der Waals surface area contributed by atoms with E-state index < -0.39 is 0 Å². The van der Waals surface area contributed by atoms with E-state index in [4.69, 9.17) is 24.7 Å². The van der Waals surface area contributed by atoms with E-state index in [9.17, 15) is 0 Å². The highest BCUT2D eigenvalue weighted by molar-refractivity contribution is 5.51. The van der Waals surface area contributed by atoms with E-state index in [1.807, 2.05) is 24.3 Å². The van der Waals surface area contributed by atoms with Gasteiger partial charge >= 0.3 is 0 Å². The maximum atomic E-state index is 5.76. The van der Waals surface area contributed by atoms with E-state index >= 15 is 0 Å². The zero-order valence-corrected chi connectivity index (χ0v) is 12.9. The maximum Gasteiger partial charge on any atom is 0.142 e. The minimum Gasteiger partial charge on any atom is -0.489 e. The molecule has 0 saturated carbocycles. The number of nitrogens with two attached hydrogens (primary N) is 1. The molecular weight excluding hydrogens is 270 g/mol. The van der Waals surface area contributed by atoms with Gasteiger partial charge in [-0.05, 0) is 18.6 Å². The molecule has 120 valence electrons. The van der Waals surface area contributed by atoms with E-state index in [0.29, 0.717) is 51.1 Å². The van der Waals surface area contributed by atoms with E-state index in [0.717, 1.165) is 19.4 Å². The minimum atomic E-state index is 0.480. The van der Waals surface area contributed by atoms with Crippen LogP contribution in [-0.4, -0.2) is 46.2 Å². The molecule has 5 nitrogen and oxygen atoms in total. The Morgan fingerprint density at radius 1 is 0.810 bits per heavy atom. The zero-order valence-electron chi connectivity index (χ0n) is 12.9. The molecular formula is C16H27NO4. The van der Waals surface area contributed by atoms with Crippen molar-refractivity contribution >= 4 is 5.69 Å². The van der Waals surface area contributed by atoms with Crippen molar-refractivity contribution in [3.8, 4) is 5.75 Å². The van der Waals surface area contributed by atoms with Crippen LogP contribution in [0.1, 0.15) is 19.8 Å². The Morgan fingerprint density at radius 3 is 2.00 bits per heavy atom. The van der Waals surface area contributed by atoms with Crippen LogP contribution in [0.4, 0.5) is 5.69 Å². The highest BCUT2D eigenvalue weighted by Crippen LogP contribution is 2.19. The molecule has 0 radical (unpaired) electrons. The summed E-state index contributed by atoms with van der Waals surface area (Å²) < 4.78 is 21.7. The number of nitrogen functional groups attached to an aromatic ring is 1. The fourth-order valence-electron chi connectivity index (χ4n) is 1.61. The molecule has 0 saturated heterocycles. The molecule has 0 fully saturated rings. The van der Waals surface area contributed by atoms with Gasteiger partial charge in [-0.2, -0.15) is 0 Å². The summed E-state index contributed by atoms with van der Waals surface area (Å²) >= 11 is 0. The number of benzene rings is 1. The number of anilines is 1. The van der Waals surface area contributed by atoms with Gasteiger partial charge in [0.25, 0.3) is 0 Å². The average Bonchev–Trinajstić information content (AvgIpc) is 2.50. The van der Waals surface area contributed by atoms with Gasteiger partial charge in [-0.3, -0.25) is 0 Å². The van der Waals surface area contributed by atoms with Crippen LogP contribution in [0.3, 0.4) is 0 Å². The lowest BCUT2D eigenvalue weighted by Crippen LogP contribution is -2.13. The highest BCUT2D eigenvalue weighted by atomic mass is 16.6. The zero-order chi connectivity index (χ0) is 15.2. The van der Waals surface area contributed by atoms with Gasteiger partial charge in [-0.15, -0.1) is 0 Å². The van der Waals surface area contributed by atoms with Crippen molar-refractivity contribution in [3.05, 3.63) is 24.3 Å². The molecule has 0 aliphatic carbocycles. The maximum absolute atomic E-state index is 5.76. The summed E-state index contributed by atoms with van der Waals surface area (Å²) in [6.45, 7) is 6.36. The van der Waals surface area contributed by atoms with E-state index in [1.54, 1.807) is 0 Å². The van der Waals surface area contributed by atoms with Crippen molar-refractivity contribution in [3.63, 3.8) is 0 Å². The SMILES string of the molecule is CCCCOCCOCCOCCOc1ccccc1N. The van der Waals surface area contributed by atoms with Crippen LogP contribution in [0.2, 0.25) is 0 Å². The third-order valence-corrected chi connectivity index (χ3v) is 2.79. The monoisotopic (exact) mass is 297 g/mol. The summed E-state index contributed by atoms with van der Waals surface area (Å²) in [4.78, 5) is 0. The Hall–Kier alpha value is -1.30. The fourth-order valence-corrected chi connectivity index (χ4v) is 1.61. The molecule has 1 rings (SSSR count). The predicted octanol–water partition coefficient (Wildman–Crippen LogP) is 2.50. The molecule has 0 amide bonds. The van der Waals surface area contributed by atoms with E-state index in [-0.39, 0.29) is 0 Å². The lowest BCUT2D eigenvalue weighted by Gasteiger charge is -2.09. The van der Waals surface area contributed by atoms with Crippen molar-refractivity contribution in [2.45, 2.75) is 19.8 Å². The first kappa shape index (κ1) is 17.8. The molecule has 0 heterocycles. The Bertz CT molecular complexity index is 360. The number of ether oxygens (including phenoxy) is 4. The molecule has 0 aromatic heterocycles. The average molecular weight is 297 g/mol. The summed E-state index contributed by atoms with van der Waals surface area (Å²) in [6.07, 6.45) is 2.26. The first-order valence-corrected chi connectivity index (χ1v) is 7.55. The Balaban J connectivity index is 1.84. The molecule has 0 bridgehead atoms. The number of hydrogen-bond donors (Lipinski definition) is 1. The standard InChI is InChI=1S/C16H27NO4/c1-2-3-8-18-9-10-19-11-12-20-13-14-21-16-7-5-4-6-15(16)17/h4-7H,2-3,8-14,17H2,1H3. The highest BCUT2D eigenvalue weighted by Gasteiger charge is 1.98. The molecule has 0 atom stereocenters. The number of para-hydroxylation sites is 2. The van der Waals surface area contributed by atoms with E-state index in [1.165, 1.54) is 0 Å². The van der Waals surface area contributed by atoms with Gasteiger partial charge in [0, 0.05) is 6.61 Å². The summed E-state index contributed by atoms with van der Waals surface area (Å²) in [5.74, 6) is 0.696. The van der Waals surface area contributed by atoms with Crippen molar-refractivity contribution in [1.82, 2.24) is 0 Å². The topological polar surface area (TPSA) is 62.9 Å². The largest absolute Gasteiger partial charge is 0.489 e. The van der Waals surface area contributed by atoms with Gasteiger partial charge in [0.05, 0.1) is 38.7 Å². The van der Waals surface area contributed by atoms with Crippen LogP contribution in [0.5, 0.6) is 5.75 Å². The Labute approximate surface area is 127 Å². The first-order valence-electron chi connectivity index (χ1n) is 7.55. The van der Waals surface area contributed by atoms with Crippen molar-refractivity contribution < 1.29 is 18.9 Å². The molecule has 1 aromatic rings. The van der Waals surface area contributed by atoms with Gasteiger partial charge in [-0.1, -0.05) is 25.5 Å². The van der Waals surface area contributed by atoms with Crippen LogP contribution in [-0.2, 0) is 14.2 Å². The number of unbranched alkanes of at least 4 members (excludes halogenated alkanes) is 1. The Kier molecular flexibility index (Phi) is 10.5. The third-order valence-electron chi connectivity index (χ3n) is 2.79. The normalized spacial score (nSPS) is 10.7. The number of rotatable bonds is 13. The molecule has 2 N–H and O–H groups in total. The second-order valence-corrected chi connectivity index (χ2v) is 4.58. The molecule has 0 unspecified atom stereocenters. The minimum absolute atomic E-state index is 0.480. The van der Waals surface area contributed by atoms with Gasteiger partial charge < -0.3 is 24.7 Å². The first-order chi connectivity index (χ1) is 10.3. The summed E-state index contributed by atoms with van der Waals surface area (Å²) in [6, 6.07) is 7.43. The lowest BCUT2D eigenvalue weighted by atomic mass is 10.3. The Morgan fingerprint density at radius 2 is 1.38 bits per heavy atom. The quantitative estimate of drug-likeness (QED) is 0.448. The van der Waals surface area contributed by atoms with Gasteiger partial charge in [0.15, 0.2) is 0 Å². The van der Waals surface area contributed by atoms with Crippen molar-refractivity contribution in [1.29, 1.82) is 0 Å². The van der Waals surface area contributed by atoms with Gasteiger partial charge in [-0.25, -0.2) is 0 Å². The van der Waals surface area contributed by atoms with Crippen molar-refractivity contribution in [2.75, 3.05) is 52.0 Å². The molecule has 0 aliphatic heterocycles. The molecule has 0 spiro atoms. The van der Waals surface area contributed by atoms with Crippen LogP contribution >= 0.6 is 0 Å².